The largest absolute Gasteiger partial charge is 0.494 e. The lowest BCUT2D eigenvalue weighted by Crippen LogP contribution is -2.56. The van der Waals surface area contributed by atoms with Crippen molar-refractivity contribution in [1.29, 1.82) is 5.41 Å². The second kappa shape index (κ2) is 16.0. The summed E-state index contributed by atoms with van der Waals surface area (Å²) in [5.74, 6) is -0.599. The first-order valence-corrected chi connectivity index (χ1v) is 15.5. The number of amides is 2. The average molecular weight is 628 g/mol. The Labute approximate surface area is 270 Å². The Bertz CT molecular complexity index is 1550. The molecule has 1 aliphatic carbocycles. The lowest BCUT2D eigenvalue weighted by molar-refractivity contribution is -0.119. The number of aliphatic imine (C=N–C) groups is 1. The third kappa shape index (κ3) is 8.89. The van der Waals surface area contributed by atoms with E-state index in [-0.39, 0.29) is 29.1 Å². The predicted molar refractivity (Wildman–Crippen MR) is 182 cm³/mol. The van der Waals surface area contributed by atoms with E-state index in [0.29, 0.717) is 24.0 Å². The van der Waals surface area contributed by atoms with Crippen LogP contribution < -0.4 is 26.8 Å². The maximum absolute atomic E-state index is 12.5. The first-order valence-electron chi connectivity index (χ1n) is 15.5. The molecule has 0 radical (unpaired) electrons. The van der Waals surface area contributed by atoms with Crippen molar-refractivity contribution in [2.45, 2.75) is 45.3 Å². The highest BCUT2D eigenvalue weighted by Gasteiger charge is 2.30. The number of allylic oxidation sites excluding steroid dienone is 3. The minimum Gasteiger partial charge on any atom is -0.494 e. The maximum atomic E-state index is 12.5. The van der Waals surface area contributed by atoms with E-state index in [1.165, 1.54) is 13.1 Å². The minimum atomic E-state index is -0.624. The molecule has 12 heteroatoms. The van der Waals surface area contributed by atoms with E-state index < -0.39 is 5.91 Å². The van der Waals surface area contributed by atoms with Gasteiger partial charge in [-0.3, -0.25) is 24.9 Å². The number of hydrogen-bond acceptors (Lipinski definition) is 9. The zero-order chi connectivity index (χ0) is 33.2. The number of carbonyl (C=O) groups excluding carboxylic acids is 2. The van der Waals surface area contributed by atoms with Gasteiger partial charge in [0.25, 0.3) is 11.8 Å². The molecule has 0 spiro atoms. The van der Waals surface area contributed by atoms with Crippen LogP contribution in [0.5, 0.6) is 5.75 Å². The fourth-order valence-electron chi connectivity index (χ4n) is 5.04. The summed E-state index contributed by atoms with van der Waals surface area (Å²) >= 11 is 0. The summed E-state index contributed by atoms with van der Waals surface area (Å²) in [6.07, 6.45) is 10.0. The molecule has 2 aromatic rings. The van der Waals surface area contributed by atoms with Crippen LogP contribution in [0.1, 0.15) is 43.1 Å². The molecule has 2 aliphatic rings. The third-order valence-corrected chi connectivity index (χ3v) is 7.83. The topological polar surface area (TPSA) is 175 Å². The van der Waals surface area contributed by atoms with Gasteiger partial charge in [0, 0.05) is 69.6 Å². The molecule has 4 rings (SSSR count). The fourth-order valence-corrected chi connectivity index (χ4v) is 5.04. The van der Waals surface area contributed by atoms with Gasteiger partial charge in [-0.25, -0.2) is 0 Å². The number of rotatable bonds is 15. The van der Waals surface area contributed by atoms with Gasteiger partial charge in [0.2, 0.25) is 0 Å². The van der Waals surface area contributed by atoms with E-state index in [1.807, 2.05) is 30.3 Å². The standard InChI is InChI=1S/C34H45N9O3/c1-5-6-9-23(18-42(3)26-20-43(21-26)19-25-11-7-10-24(17-35)39-25)27-12-8-13-28(32(27)46-4)40-29(31(37)34(45)38-2)16-30(36)41-33(44)22-14-15-22/h6-13,16,18,22,26,37,40H,5,14-15,17,19-21,35H2,1-4H3,(H,38,45)(H2,36,41,44)/b9-6-,23-18+,29-16+,37-31?. The number of methoxy groups -OCH3 is 1. The first kappa shape index (κ1) is 34.1. The molecule has 46 heavy (non-hydrogen) atoms. The van der Waals surface area contributed by atoms with Crippen molar-refractivity contribution in [3.05, 3.63) is 83.5 Å². The van der Waals surface area contributed by atoms with E-state index >= 15 is 0 Å². The molecule has 2 amide bonds. The van der Waals surface area contributed by atoms with Crippen LogP contribution in [0.25, 0.3) is 5.57 Å². The molecule has 244 valence electrons. The summed E-state index contributed by atoms with van der Waals surface area (Å²) in [7, 11) is 5.08. The number of nitrogens with zero attached hydrogens (tertiary/aromatic N) is 4. The van der Waals surface area contributed by atoms with Crippen LogP contribution in [0.4, 0.5) is 5.69 Å². The number of para-hydroxylation sites is 1. The van der Waals surface area contributed by atoms with E-state index in [0.717, 1.165) is 61.4 Å². The van der Waals surface area contributed by atoms with Gasteiger partial charge in [0.15, 0.2) is 0 Å². The summed E-state index contributed by atoms with van der Waals surface area (Å²) in [6, 6.07) is 11.9. The summed E-state index contributed by atoms with van der Waals surface area (Å²) in [6.45, 7) is 5.07. The Balaban J connectivity index is 1.58. The number of nitrogens with two attached hydrogens (primary N) is 2. The number of aromatic nitrogens is 1. The van der Waals surface area contributed by atoms with Crippen molar-refractivity contribution in [1.82, 2.24) is 20.1 Å². The van der Waals surface area contributed by atoms with E-state index in [4.69, 9.17) is 21.6 Å². The first-order chi connectivity index (χ1) is 22.2. The molecule has 2 fully saturated rings. The van der Waals surface area contributed by atoms with E-state index in [9.17, 15) is 9.59 Å². The quantitative estimate of drug-likeness (QED) is 0.113. The minimum absolute atomic E-state index is 0.0763. The van der Waals surface area contributed by atoms with Gasteiger partial charge < -0.3 is 31.7 Å². The van der Waals surface area contributed by atoms with Crippen LogP contribution in [0, 0.1) is 11.3 Å². The Morgan fingerprint density at radius 3 is 2.57 bits per heavy atom. The van der Waals surface area contributed by atoms with Gasteiger partial charge in [-0.2, -0.15) is 4.99 Å². The van der Waals surface area contributed by atoms with Crippen molar-refractivity contribution in [2.24, 2.45) is 22.4 Å². The van der Waals surface area contributed by atoms with Gasteiger partial charge >= 0.3 is 0 Å². The SMILES string of the molecule is CC/C=C\C(=C/N(C)C1CN(Cc2cccc(CN)n2)C1)c1cccc(N/C(=C/C(N)=NC(=O)C2CC2)C(=N)C(=O)NC)c1OC. The smallest absolute Gasteiger partial charge is 0.271 e. The van der Waals surface area contributed by atoms with Crippen molar-refractivity contribution in [2.75, 3.05) is 39.6 Å². The molecule has 12 nitrogen and oxygen atoms in total. The molecule has 1 aliphatic heterocycles. The number of likely N-dealkylation sites (tertiary alicyclic amines) is 1. The highest BCUT2D eigenvalue weighted by Crippen LogP contribution is 2.36. The normalized spacial score (nSPS) is 16.2. The van der Waals surface area contributed by atoms with Crippen molar-refractivity contribution in [3.63, 3.8) is 0 Å². The second-order valence-corrected chi connectivity index (χ2v) is 11.4. The lowest BCUT2D eigenvalue weighted by atomic mass is 10.0. The van der Waals surface area contributed by atoms with Crippen LogP contribution in [0.2, 0.25) is 0 Å². The van der Waals surface area contributed by atoms with Gasteiger partial charge in [-0.15, -0.1) is 0 Å². The summed E-state index contributed by atoms with van der Waals surface area (Å²) in [4.78, 5) is 37.8. The van der Waals surface area contributed by atoms with Crippen molar-refractivity contribution < 1.29 is 14.3 Å². The van der Waals surface area contributed by atoms with Crippen molar-refractivity contribution in [3.8, 4) is 5.75 Å². The van der Waals surface area contributed by atoms with E-state index in [1.54, 1.807) is 13.2 Å². The molecule has 1 aromatic carbocycles. The number of anilines is 1. The number of nitrogens with one attached hydrogen (secondary N) is 3. The number of benzene rings is 1. The summed E-state index contributed by atoms with van der Waals surface area (Å²) in [5.41, 5.74) is 15.7. The highest BCUT2D eigenvalue weighted by atomic mass is 16.5. The molecule has 0 atom stereocenters. The van der Waals surface area contributed by atoms with Gasteiger partial charge in [-0.05, 0) is 37.5 Å². The third-order valence-electron chi connectivity index (χ3n) is 7.83. The highest BCUT2D eigenvalue weighted by molar-refractivity contribution is 6.45. The molecule has 2 heterocycles. The zero-order valence-corrected chi connectivity index (χ0v) is 27.0. The number of pyridine rings is 1. The predicted octanol–water partition coefficient (Wildman–Crippen LogP) is 3.03. The second-order valence-electron chi connectivity index (χ2n) is 11.4. The number of amidine groups is 1. The number of carbonyl (C=O) groups is 2. The van der Waals surface area contributed by atoms with Crippen molar-refractivity contribution >= 4 is 34.6 Å². The van der Waals surface area contributed by atoms with Gasteiger partial charge in [-0.1, -0.05) is 37.3 Å². The Kier molecular flexibility index (Phi) is 11.8. The molecular weight excluding hydrogens is 582 g/mol. The molecule has 0 unspecified atom stereocenters. The van der Waals surface area contributed by atoms with Crippen LogP contribution in [-0.2, 0) is 22.7 Å². The van der Waals surface area contributed by atoms with Crippen LogP contribution in [-0.4, -0.2) is 78.5 Å². The van der Waals surface area contributed by atoms with E-state index in [2.05, 4.69) is 62.7 Å². The Hall–Kier alpha value is -4.81. The van der Waals surface area contributed by atoms with Gasteiger partial charge in [0.1, 0.15) is 17.3 Å². The van der Waals surface area contributed by atoms with Crippen LogP contribution >= 0.6 is 0 Å². The number of likely N-dealkylation sites (N-methyl/N-ethyl adjacent to an activating group) is 1. The molecular formula is C34H45N9O3. The lowest BCUT2D eigenvalue weighted by Gasteiger charge is -2.43. The Morgan fingerprint density at radius 1 is 1.20 bits per heavy atom. The number of hydrogen-bond donors (Lipinski definition) is 5. The fraction of sp³-hybridized carbons (Fsp3) is 0.382. The monoisotopic (exact) mass is 627 g/mol. The molecule has 1 saturated heterocycles. The Morgan fingerprint density at radius 2 is 1.91 bits per heavy atom. The van der Waals surface area contributed by atoms with Crippen LogP contribution in [0.15, 0.2) is 71.5 Å². The molecule has 1 saturated carbocycles. The summed E-state index contributed by atoms with van der Waals surface area (Å²) in [5, 5.41) is 14.1. The average Bonchev–Trinajstić information content (AvgIpc) is 3.89. The summed E-state index contributed by atoms with van der Waals surface area (Å²) < 4.78 is 5.91. The molecule has 0 bridgehead atoms. The van der Waals surface area contributed by atoms with Crippen LogP contribution in [0.3, 0.4) is 0 Å². The molecule has 7 N–H and O–H groups in total. The number of ether oxygens (including phenoxy) is 1. The van der Waals surface area contributed by atoms with Gasteiger partial charge in [0.05, 0.1) is 35.9 Å². The maximum Gasteiger partial charge on any atom is 0.271 e. The zero-order valence-electron chi connectivity index (χ0n) is 27.0. The molecule has 1 aromatic heterocycles.